The second kappa shape index (κ2) is 5.51. The van der Waals surface area contributed by atoms with Gasteiger partial charge in [-0.15, -0.1) is 0 Å². The van der Waals surface area contributed by atoms with Crippen LogP contribution < -0.4 is 10.5 Å². The van der Waals surface area contributed by atoms with Crippen molar-refractivity contribution in [1.82, 2.24) is 4.72 Å². The Hall–Kier alpha value is -1.71. The Kier molecular flexibility index (Phi) is 4.45. The fraction of sp³-hybridized carbons (Fsp3) is 0.222. The van der Waals surface area contributed by atoms with Gasteiger partial charge in [0.05, 0.1) is 21.4 Å². The lowest BCUT2D eigenvalue weighted by Crippen LogP contribution is -2.33. The summed E-state index contributed by atoms with van der Waals surface area (Å²) in [6, 6.07) is 1.93. The molecule has 0 radical (unpaired) electrons. The summed E-state index contributed by atoms with van der Waals surface area (Å²) in [7, 11) is -4.09. The van der Waals surface area contributed by atoms with Gasteiger partial charge in [0.2, 0.25) is 15.9 Å². The van der Waals surface area contributed by atoms with E-state index in [2.05, 4.69) is 0 Å². The highest BCUT2D eigenvalue weighted by molar-refractivity contribution is 7.89. The van der Waals surface area contributed by atoms with E-state index in [0.29, 0.717) is 0 Å². The van der Waals surface area contributed by atoms with Gasteiger partial charge in [0, 0.05) is 11.6 Å². The number of nitrogens with two attached hydrogens (primary N) is 1. The van der Waals surface area contributed by atoms with Crippen molar-refractivity contribution in [3.05, 3.63) is 32.8 Å². The Morgan fingerprint density at radius 3 is 2.58 bits per heavy atom. The van der Waals surface area contributed by atoms with Gasteiger partial charge in [-0.1, -0.05) is 11.6 Å². The lowest BCUT2D eigenvalue weighted by molar-refractivity contribution is -0.385. The monoisotopic (exact) mass is 307 g/mol. The first-order valence-electron chi connectivity index (χ1n) is 4.87. The minimum absolute atomic E-state index is 0.0614. The summed E-state index contributed by atoms with van der Waals surface area (Å²) in [5.41, 5.74) is 4.54. The van der Waals surface area contributed by atoms with Crippen LogP contribution in [0.5, 0.6) is 0 Å². The van der Waals surface area contributed by atoms with Gasteiger partial charge in [-0.2, -0.15) is 0 Å². The number of nitrogens with one attached hydrogen (secondary N) is 1. The maximum absolute atomic E-state index is 11.8. The topological polar surface area (TPSA) is 132 Å². The highest BCUT2D eigenvalue weighted by Gasteiger charge is 2.22. The number of rotatable bonds is 5. The normalized spacial score (nSPS) is 11.3. The van der Waals surface area contributed by atoms with Crippen LogP contribution in [0.25, 0.3) is 0 Å². The summed E-state index contributed by atoms with van der Waals surface area (Å²) in [5.74, 6) is -0.878. The third-order valence-corrected chi connectivity index (χ3v) is 4.01. The van der Waals surface area contributed by atoms with E-state index >= 15 is 0 Å². The van der Waals surface area contributed by atoms with Crippen LogP contribution in [0.15, 0.2) is 17.0 Å². The molecule has 0 bridgehead atoms. The molecule has 0 atom stereocenters. The van der Waals surface area contributed by atoms with E-state index in [4.69, 9.17) is 17.3 Å². The number of nitro groups is 1. The molecule has 8 nitrogen and oxygen atoms in total. The fourth-order valence-electron chi connectivity index (χ4n) is 1.23. The molecule has 104 valence electrons. The number of hydrogen-bond donors (Lipinski definition) is 2. The Bertz CT molecular complexity index is 644. The van der Waals surface area contributed by atoms with E-state index in [-0.39, 0.29) is 10.6 Å². The standard InChI is InChI=1S/C9H10ClN3O5S/c1-5-7(10)2-6(3-8(5)13(15)16)19(17,18)12-4-9(11)14/h2-3,12H,4H2,1H3,(H2,11,14). The molecule has 0 spiro atoms. The summed E-state index contributed by atoms with van der Waals surface area (Å²) in [6.45, 7) is 0.787. The van der Waals surface area contributed by atoms with E-state index < -0.39 is 38.0 Å². The molecule has 0 unspecified atom stereocenters. The number of nitro benzene ring substituents is 1. The highest BCUT2D eigenvalue weighted by atomic mass is 35.5. The van der Waals surface area contributed by atoms with Gasteiger partial charge in [0.1, 0.15) is 0 Å². The maximum atomic E-state index is 11.8. The van der Waals surface area contributed by atoms with Crippen LogP contribution in [0.3, 0.4) is 0 Å². The predicted octanol–water partition coefficient (Wildman–Crippen LogP) is 0.320. The van der Waals surface area contributed by atoms with Gasteiger partial charge in [0.15, 0.2) is 0 Å². The van der Waals surface area contributed by atoms with E-state index in [1.54, 1.807) is 0 Å². The molecule has 0 aliphatic rings. The number of carbonyl (C=O) groups excluding carboxylic acids is 1. The smallest absolute Gasteiger partial charge is 0.275 e. The van der Waals surface area contributed by atoms with Gasteiger partial charge in [-0.05, 0) is 13.0 Å². The first kappa shape index (κ1) is 15.3. The molecule has 1 rings (SSSR count). The van der Waals surface area contributed by atoms with Gasteiger partial charge in [-0.3, -0.25) is 14.9 Å². The third kappa shape index (κ3) is 3.63. The van der Waals surface area contributed by atoms with Crippen molar-refractivity contribution < 1.29 is 18.1 Å². The second-order valence-corrected chi connectivity index (χ2v) is 5.77. The van der Waals surface area contributed by atoms with Gasteiger partial charge in [-0.25, -0.2) is 13.1 Å². The number of halogens is 1. The zero-order chi connectivity index (χ0) is 14.8. The quantitative estimate of drug-likeness (QED) is 0.597. The van der Waals surface area contributed by atoms with Gasteiger partial charge < -0.3 is 5.73 Å². The molecule has 1 amide bonds. The lowest BCUT2D eigenvalue weighted by atomic mass is 10.2. The zero-order valence-electron chi connectivity index (χ0n) is 9.71. The van der Waals surface area contributed by atoms with E-state index in [1.807, 2.05) is 4.72 Å². The molecular formula is C9H10ClN3O5S. The van der Waals surface area contributed by atoms with Crippen molar-refractivity contribution in [1.29, 1.82) is 0 Å². The molecule has 0 aliphatic heterocycles. The van der Waals surface area contributed by atoms with Crippen LogP contribution in [0.4, 0.5) is 5.69 Å². The summed E-state index contributed by atoms with van der Waals surface area (Å²) < 4.78 is 25.5. The molecule has 0 aliphatic carbocycles. The van der Waals surface area contributed by atoms with Crippen LogP contribution >= 0.6 is 11.6 Å². The number of hydrogen-bond acceptors (Lipinski definition) is 5. The summed E-state index contributed by atoms with van der Waals surface area (Å²) in [5, 5.41) is 10.7. The molecule has 10 heteroatoms. The number of primary amides is 1. The van der Waals surface area contributed by atoms with Crippen LogP contribution in [-0.4, -0.2) is 25.8 Å². The Balaban J connectivity index is 3.28. The van der Waals surface area contributed by atoms with Gasteiger partial charge >= 0.3 is 0 Å². The van der Waals surface area contributed by atoms with Crippen LogP contribution in [0, 0.1) is 17.0 Å². The molecule has 0 fully saturated rings. The molecule has 0 saturated carbocycles. The number of carbonyl (C=O) groups is 1. The van der Waals surface area contributed by atoms with Crippen molar-refractivity contribution in [2.45, 2.75) is 11.8 Å². The van der Waals surface area contributed by atoms with E-state index in [1.165, 1.54) is 6.92 Å². The molecule has 0 saturated heterocycles. The van der Waals surface area contributed by atoms with E-state index in [0.717, 1.165) is 12.1 Å². The number of sulfonamides is 1. The molecule has 0 aromatic heterocycles. The molecule has 19 heavy (non-hydrogen) atoms. The van der Waals surface area contributed by atoms with Crippen LogP contribution in [0.2, 0.25) is 5.02 Å². The summed E-state index contributed by atoms with van der Waals surface area (Å²) in [6.07, 6.45) is 0. The Morgan fingerprint density at radius 2 is 2.11 bits per heavy atom. The second-order valence-electron chi connectivity index (χ2n) is 3.60. The molecular weight excluding hydrogens is 298 g/mol. The zero-order valence-corrected chi connectivity index (χ0v) is 11.3. The first-order chi connectivity index (χ1) is 8.65. The average Bonchev–Trinajstić information content (AvgIpc) is 2.29. The third-order valence-electron chi connectivity index (χ3n) is 2.23. The van der Waals surface area contributed by atoms with Crippen molar-refractivity contribution in [3.63, 3.8) is 0 Å². The number of nitrogens with zero attached hydrogens (tertiary/aromatic N) is 1. The summed E-state index contributed by atoms with van der Waals surface area (Å²) >= 11 is 5.74. The van der Waals surface area contributed by atoms with Crippen molar-refractivity contribution in [2.24, 2.45) is 5.73 Å². The lowest BCUT2D eigenvalue weighted by Gasteiger charge is -2.07. The molecule has 0 heterocycles. The Labute approximate surface area is 113 Å². The van der Waals surface area contributed by atoms with Crippen LogP contribution in [0.1, 0.15) is 5.56 Å². The largest absolute Gasteiger partial charge is 0.369 e. The minimum Gasteiger partial charge on any atom is -0.369 e. The SMILES string of the molecule is Cc1c(Cl)cc(S(=O)(=O)NCC(N)=O)cc1[N+](=O)[O-]. The number of benzene rings is 1. The van der Waals surface area contributed by atoms with Crippen molar-refractivity contribution >= 4 is 33.2 Å². The average molecular weight is 308 g/mol. The maximum Gasteiger partial charge on any atom is 0.275 e. The van der Waals surface area contributed by atoms with E-state index in [9.17, 15) is 23.3 Å². The van der Waals surface area contributed by atoms with Crippen LogP contribution in [-0.2, 0) is 14.8 Å². The molecule has 1 aromatic rings. The van der Waals surface area contributed by atoms with Crippen molar-refractivity contribution in [2.75, 3.05) is 6.54 Å². The fourth-order valence-corrected chi connectivity index (χ4v) is 2.55. The first-order valence-corrected chi connectivity index (χ1v) is 6.74. The molecule has 3 N–H and O–H groups in total. The molecule has 1 aromatic carbocycles. The highest BCUT2D eigenvalue weighted by Crippen LogP contribution is 2.29. The van der Waals surface area contributed by atoms with Gasteiger partial charge in [0.25, 0.3) is 5.69 Å². The Morgan fingerprint density at radius 1 is 1.53 bits per heavy atom. The minimum atomic E-state index is -4.09. The summed E-state index contributed by atoms with van der Waals surface area (Å²) in [4.78, 5) is 20.2. The van der Waals surface area contributed by atoms with Crippen molar-refractivity contribution in [3.8, 4) is 0 Å². The number of amides is 1. The predicted molar refractivity (Wildman–Crippen MR) is 67.2 cm³/mol.